The molecule has 8 nitrogen and oxygen atoms in total. The van der Waals surface area contributed by atoms with Crippen molar-refractivity contribution in [3.05, 3.63) is 84.9 Å². The number of nitrogens with one attached hydrogen (secondary N) is 3. The largest absolute Gasteiger partial charge is 0.497 e. The molecule has 0 unspecified atom stereocenters. The van der Waals surface area contributed by atoms with E-state index in [0.29, 0.717) is 16.1 Å². The van der Waals surface area contributed by atoms with Crippen LogP contribution in [0.5, 0.6) is 5.75 Å². The molecule has 10 heteroatoms. The lowest BCUT2D eigenvalue weighted by Crippen LogP contribution is -2.44. The molecule has 0 aliphatic rings. The number of thiocarbonyl (C=S) groups is 1. The minimum Gasteiger partial charge on any atom is -0.497 e. The van der Waals surface area contributed by atoms with E-state index in [-0.39, 0.29) is 11.7 Å². The highest BCUT2D eigenvalue weighted by Gasteiger charge is 2.17. The molecule has 0 aliphatic heterocycles. The molecule has 0 radical (unpaired) electrons. The molecule has 0 fully saturated rings. The number of carbonyl (C=O) groups is 1. The van der Waals surface area contributed by atoms with E-state index in [1.165, 1.54) is 11.8 Å². The molecule has 1 aromatic heterocycles. The highest BCUT2D eigenvalue weighted by atomic mass is 32.2. The second-order valence-electron chi connectivity index (χ2n) is 6.99. The van der Waals surface area contributed by atoms with Gasteiger partial charge in [0, 0.05) is 16.9 Å². The summed E-state index contributed by atoms with van der Waals surface area (Å²) >= 11 is 6.49. The lowest BCUT2D eigenvalue weighted by Gasteiger charge is -2.12. The highest BCUT2D eigenvalue weighted by Crippen LogP contribution is 2.28. The Labute approximate surface area is 206 Å². The molecule has 0 spiro atoms. The SMILES string of the molecule is COc1ccc(-c2nnc(SCC(=O)NNC(=S)Nc3ccccc3)n2-c2ccccc2)cc1. The summed E-state index contributed by atoms with van der Waals surface area (Å²) in [4.78, 5) is 12.4. The summed E-state index contributed by atoms with van der Waals surface area (Å²) in [5.41, 5.74) is 7.91. The van der Waals surface area contributed by atoms with E-state index in [1.54, 1.807) is 7.11 Å². The van der Waals surface area contributed by atoms with Crippen molar-refractivity contribution in [3.8, 4) is 22.8 Å². The molecule has 0 atom stereocenters. The van der Waals surface area contributed by atoms with Crippen molar-refractivity contribution in [2.75, 3.05) is 18.2 Å². The summed E-state index contributed by atoms with van der Waals surface area (Å²) in [6, 6.07) is 26.8. The van der Waals surface area contributed by atoms with Gasteiger partial charge in [0.05, 0.1) is 12.9 Å². The molecule has 0 bridgehead atoms. The summed E-state index contributed by atoms with van der Waals surface area (Å²) in [6.45, 7) is 0. The Morgan fingerprint density at radius 3 is 2.29 bits per heavy atom. The van der Waals surface area contributed by atoms with E-state index in [4.69, 9.17) is 17.0 Å². The average molecular weight is 491 g/mol. The Kier molecular flexibility index (Phi) is 7.74. The van der Waals surface area contributed by atoms with Crippen LogP contribution in [-0.2, 0) is 4.79 Å². The zero-order chi connectivity index (χ0) is 23.8. The minimum absolute atomic E-state index is 0.120. The summed E-state index contributed by atoms with van der Waals surface area (Å²) in [5, 5.41) is 12.6. The maximum Gasteiger partial charge on any atom is 0.248 e. The number of rotatable bonds is 7. The topological polar surface area (TPSA) is 93.1 Å². The fourth-order valence-electron chi connectivity index (χ4n) is 3.08. The van der Waals surface area contributed by atoms with Crippen LogP contribution in [0.2, 0.25) is 0 Å². The molecule has 1 heterocycles. The third-order valence-electron chi connectivity index (χ3n) is 4.68. The van der Waals surface area contributed by atoms with Crippen molar-refractivity contribution in [3.63, 3.8) is 0 Å². The first-order valence-electron chi connectivity index (χ1n) is 10.3. The van der Waals surface area contributed by atoms with Crippen LogP contribution in [0.15, 0.2) is 90.1 Å². The highest BCUT2D eigenvalue weighted by molar-refractivity contribution is 7.99. The summed E-state index contributed by atoms with van der Waals surface area (Å²) in [7, 11) is 1.63. The molecule has 172 valence electrons. The Bertz CT molecular complexity index is 1250. The van der Waals surface area contributed by atoms with Crippen LogP contribution in [0, 0.1) is 0 Å². The fourth-order valence-corrected chi connectivity index (χ4v) is 4.00. The third-order valence-corrected chi connectivity index (χ3v) is 5.81. The second kappa shape index (κ2) is 11.3. The van der Waals surface area contributed by atoms with E-state index < -0.39 is 0 Å². The first kappa shape index (κ1) is 23.3. The van der Waals surface area contributed by atoms with Gasteiger partial charge >= 0.3 is 0 Å². The number of hydrogen-bond donors (Lipinski definition) is 3. The fraction of sp³-hybridized carbons (Fsp3) is 0.0833. The number of aromatic nitrogens is 3. The van der Waals surface area contributed by atoms with Crippen LogP contribution in [-0.4, -0.2) is 38.6 Å². The van der Waals surface area contributed by atoms with Crippen molar-refractivity contribution in [1.82, 2.24) is 25.6 Å². The maximum atomic E-state index is 12.4. The average Bonchev–Trinajstić information content (AvgIpc) is 3.31. The molecule has 0 aliphatic carbocycles. The number of para-hydroxylation sites is 2. The molecule has 3 N–H and O–H groups in total. The monoisotopic (exact) mass is 490 g/mol. The zero-order valence-electron chi connectivity index (χ0n) is 18.3. The summed E-state index contributed by atoms with van der Waals surface area (Å²) < 4.78 is 7.18. The number of thioether (sulfide) groups is 1. The molecule has 34 heavy (non-hydrogen) atoms. The first-order valence-corrected chi connectivity index (χ1v) is 11.7. The van der Waals surface area contributed by atoms with Gasteiger partial charge in [-0.2, -0.15) is 0 Å². The number of methoxy groups -OCH3 is 1. The van der Waals surface area contributed by atoms with Gasteiger partial charge in [-0.3, -0.25) is 20.2 Å². The Balaban J connectivity index is 1.43. The lowest BCUT2D eigenvalue weighted by atomic mass is 10.2. The van der Waals surface area contributed by atoms with Crippen LogP contribution >= 0.6 is 24.0 Å². The van der Waals surface area contributed by atoms with Crippen LogP contribution in [0.4, 0.5) is 5.69 Å². The third kappa shape index (κ3) is 5.91. The van der Waals surface area contributed by atoms with Gasteiger partial charge in [0.1, 0.15) is 5.75 Å². The maximum absolute atomic E-state index is 12.4. The minimum atomic E-state index is -0.254. The first-order chi connectivity index (χ1) is 16.6. The molecule has 0 saturated carbocycles. The number of nitrogens with zero attached hydrogens (tertiary/aromatic N) is 3. The van der Waals surface area contributed by atoms with Gasteiger partial charge in [-0.25, -0.2) is 0 Å². The molecule has 0 saturated heterocycles. The van der Waals surface area contributed by atoms with Crippen LogP contribution in [0.3, 0.4) is 0 Å². The number of ether oxygens (including phenoxy) is 1. The molecule has 4 aromatic rings. The van der Waals surface area contributed by atoms with Crippen molar-refractivity contribution in [2.45, 2.75) is 5.16 Å². The number of hydrazine groups is 1. The summed E-state index contributed by atoms with van der Waals surface area (Å²) in [5.74, 6) is 1.29. The van der Waals surface area contributed by atoms with Crippen molar-refractivity contribution >= 4 is 40.7 Å². The van der Waals surface area contributed by atoms with Crippen molar-refractivity contribution in [1.29, 1.82) is 0 Å². The predicted octanol–water partition coefficient (Wildman–Crippen LogP) is 4.05. The molecular formula is C24H22N6O2S2. The van der Waals surface area contributed by atoms with Crippen molar-refractivity contribution in [2.24, 2.45) is 0 Å². The number of hydrogen-bond acceptors (Lipinski definition) is 6. The number of carbonyl (C=O) groups excluding carboxylic acids is 1. The normalized spacial score (nSPS) is 10.4. The van der Waals surface area contributed by atoms with E-state index in [2.05, 4.69) is 26.4 Å². The standard InChI is InChI=1S/C24H22N6O2S2/c1-32-20-14-12-17(13-15-20)22-27-29-24(30(22)19-10-6-3-7-11-19)34-16-21(31)26-28-23(33)25-18-8-4-2-5-9-18/h2-15H,16H2,1H3,(H,26,31)(H2,25,28,33). The van der Waals surface area contributed by atoms with E-state index >= 15 is 0 Å². The Morgan fingerprint density at radius 2 is 1.62 bits per heavy atom. The lowest BCUT2D eigenvalue weighted by molar-refractivity contribution is -0.119. The molecular weight excluding hydrogens is 468 g/mol. The quantitative estimate of drug-likeness (QED) is 0.203. The predicted molar refractivity (Wildman–Crippen MR) is 138 cm³/mol. The van der Waals surface area contributed by atoms with E-state index in [0.717, 1.165) is 22.7 Å². The Hall–Kier alpha value is -3.89. The van der Waals surface area contributed by atoms with Gasteiger partial charge in [-0.1, -0.05) is 48.2 Å². The molecule has 3 aromatic carbocycles. The van der Waals surface area contributed by atoms with Gasteiger partial charge in [0.25, 0.3) is 0 Å². The second-order valence-corrected chi connectivity index (χ2v) is 8.34. The smallest absolute Gasteiger partial charge is 0.248 e. The van der Waals surface area contributed by atoms with Gasteiger partial charge in [-0.05, 0) is 60.7 Å². The number of benzene rings is 3. The van der Waals surface area contributed by atoms with E-state index in [1.807, 2.05) is 89.5 Å². The van der Waals surface area contributed by atoms with Crippen LogP contribution in [0.1, 0.15) is 0 Å². The van der Waals surface area contributed by atoms with Gasteiger partial charge in [-0.15, -0.1) is 10.2 Å². The summed E-state index contributed by atoms with van der Waals surface area (Å²) in [6.07, 6.45) is 0. The van der Waals surface area contributed by atoms with Crippen LogP contribution < -0.4 is 20.9 Å². The van der Waals surface area contributed by atoms with Gasteiger partial charge in [0.2, 0.25) is 5.91 Å². The molecule has 4 rings (SSSR count). The van der Waals surface area contributed by atoms with Gasteiger partial charge < -0.3 is 10.1 Å². The number of amides is 1. The zero-order valence-corrected chi connectivity index (χ0v) is 19.9. The van der Waals surface area contributed by atoms with Gasteiger partial charge in [0.15, 0.2) is 16.1 Å². The van der Waals surface area contributed by atoms with E-state index in [9.17, 15) is 4.79 Å². The van der Waals surface area contributed by atoms with Crippen LogP contribution in [0.25, 0.3) is 17.1 Å². The number of anilines is 1. The Morgan fingerprint density at radius 1 is 0.941 bits per heavy atom. The molecule has 1 amide bonds. The van der Waals surface area contributed by atoms with Crippen molar-refractivity contribution < 1.29 is 9.53 Å².